The fraction of sp³-hybridized carbons (Fsp3) is 0.278. The van der Waals surface area contributed by atoms with Crippen LogP contribution >= 0.6 is 11.3 Å². The molecular weight excluding hydrogens is 356 g/mol. The second-order valence-corrected chi connectivity index (χ2v) is 6.60. The van der Waals surface area contributed by atoms with E-state index >= 15 is 0 Å². The number of morpholine rings is 1. The minimum absolute atomic E-state index is 0.0526. The molecular formula is C18H18N2O5S. The Bertz CT molecular complexity index is 805. The summed E-state index contributed by atoms with van der Waals surface area (Å²) < 4.78 is 9.97. The molecule has 1 aromatic carbocycles. The molecule has 1 N–H and O–H groups in total. The van der Waals surface area contributed by atoms with Crippen LogP contribution in [-0.2, 0) is 25.6 Å². The normalized spacial score (nSPS) is 17.0. The lowest BCUT2D eigenvalue weighted by Crippen LogP contribution is -2.54. The molecule has 1 atom stereocenters. The summed E-state index contributed by atoms with van der Waals surface area (Å²) in [6.45, 7) is 0.363. The SMILES string of the molecule is COC(=O)c1ccsc1NC(=O)[C@H]1COCC(=O)N1Cc1ccccc1. The number of benzene rings is 1. The van der Waals surface area contributed by atoms with Gasteiger partial charge in [0.05, 0.1) is 19.3 Å². The molecule has 0 aliphatic carbocycles. The largest absolute Gasteiger partial charge is 0.465 e. The molecule has 0 bridgehead atoms. The lowest BCUT2D eigenvalue weighted by Gasteiger charge is -2.34. The van der Waals surface area contributed by atoms with Crippen LogP contribution in [0.15, 0.2) is 41.8 Å². The lowest BCUT2D eigenvalue weighted by atomic mass is 10.1. The highest BCUT2D eigenvalue weighted by molar-refractivity contribution is 7.14. The number of hydrogen-bond donors (Lipinski definition) is 1. The Morgan fingerprint density at radius 2 is 2.08 bits per heavy atom. The first-order valence-corrected chi connectivity index (χ1v) is 8.86. The average molecular weight is 374 g/mol. The van der Waals surface area contributed by atoms with Crippen molar-refractivity contribution in [3.63, 3.8) is 0 Å². The molecule has 26 heavy (non-hydrogen) atoms. The fourth-order valence-electron chi connectivity index (χ4n) is 2.67. The van der Waals surface area contributed by atoms with Gasteiger partial charge in [-0.15, -0.1) is 11.3 Å². The summed E-state index contributed by atoms with van der Waals surface area (Å²) in [5, 5.41) is 4.79. The smallest absolute Gasteiger partial charge is 0.340 e. The van der Waals surface area contributed by atoms with Crippen LogP contribution in [0, 0.1) is 0 Å². The number of hydrogen-bond acceptors (Lipinski definition) is 6. The van der Waals surface area contributed by atoms with E-state index in [1.54, 1.807) is 11.4 Å². The van der Waals surface area contributed by atoms with Gasteiger partial charge in [-0.25, -0.2) is 4.79 Å². The van der Waals surface area contributed by atoms with E-state index < -0.39 is 17.9 Å². The number of thiophene rings is 1. The van der Waals surface area contributed by atoms with Crippen LogP contribution in [0.25, 0.3) is 0 Å². The minimum Gasteiger partial charge on any atom is -0.465 e. The van der Waals surface area contributed by atoms with Crippen molar-refractivity contribution in [2.75, 3.05) is 25.6 Å². The van der Waals surface area contributed by atoms with Crippen molar-refractivity contribution in [1.82, 2.24) is 4.90 Å². The predicted octanol–water partition coefficient (Wildman–Crippen LogP) is 1.90. The van der Waals surface area contributed by atoms with Gasteiger partial charge in [-0.05, 0) is 17.0 Å². The molecule has 1 aliphatic heterocycles. The van der Waals surface area contributed by atoms with E-state index in [0.29, 0.717) is 11.5 Å². The molecule has 1 aliphatic rings. The first-order valence-electron chi connectivity index (χ1n) is 7.98. The Kier molecular flexibility index (Phi) is 5.65. The fourth-order valence-corrected chi connectivity index (χ4v) is 3.45. The van der Waals surface area contributed by atoms with Crippen LogP contribution in [0.1, 0.15) is 15.9 Å². The number of amides is 2. The van der Waals surface area contributed by atoms with Crippen molar-refractivity contribution < 1.29 is 23.9 Å². The number of carbonyl (C=O) groups is 3. The second-order valence-electron chi connectivity index (χ2n) is 5.68. The van der Waals surface area contributed by atoms with Crippen LogP contribution < -0.4 is 5.32 Å². The molecule has 0 radical (unpaired) electrons. The maximum Gasteiger partial charge on any atom is 0.340 e. The van der Waals surface area contributed by atoms with Crippen molar-refractivity contribution in [3.8, 4) is 0 Å². The quantitative estimate of drug-likeness (QED) is 0.808. The molecule has 2 aromatic rings. The lowest BCUT2D eigenvalue weighted by molar-refractivity contribution is -0.154. The molecule has 136 valence electrons. The van der Waals surface area contributed by atoms with Gasteiger partial charge in [0.15, 0.2) is 0 Å². The maximum atomic E-state index is 12.7. The Hall–Kier alpha value is -2.71. The van der Waals surface area contributed by atoms with Gasteiger partial charge in [-0.1, -0.05) is 30.3 Å². The summed E-state index contributed by atoms with van der Waals surface area (Å²) in [7, 11) is 1.28. The van der Waals surface area contributed by atoms with Gasteiger partial charge in [0.1, 0.15) is 17.6 Å². The van der Waals surface area contributed by atoms with E-state index in [0.717, 1.165) is 5.56 Å². The maximum absolute atomic E-state index is 12.7. The highest BCUT2D eigenvalue weighted by atomic mass is 32.1. The van der Waals surface area contributed by atoms with Gasteiger partial charge in [-0.2, -0.15) is 0 Å². The van der Waals surface area contributed by atoms with E-state index in [1.807, 2.05) is 30.3 Å². The highest BCUT2D eigenvalue weighted by Crippen LogP contribution is 2.25. The van der Waals surface area contributed by atoms with Crippen LogP contribution in [0.5, 0.6) is 0 Å². The summed E-state index contributed by atoms with van der Waals surface area (Å²) in [5.41, 5.74) is 1.20. The Balaban J connectivity index is 1.77. The predicted molar refractivity (Wildman–Crippen MR) is 95.9 cm³/mol. The topological polar surface area (TPSA) is 84.9 Å². The molecule has 1 saturated heterocycles. The number of methoxy groups -OCH3 is 1. The van der Waals surface area contributed by atoms with Gasteiger partial charge in [0.2, 0.25) is 11.8 Å². The summed E-state index contributed by atoms with van der Waals surface area (Å²) in [5.74, 6) is -1.18. The van der Waals surface area contributed by atoms with Crippen LogP contribution in [0.3, 0.4) is 0 Å². The highest BCUT2D eigenvalue weighted by Gasteiger charge is 2.34. The number of anilines is 1. The minimum atomic E-state index is -0.774. The van der Waals surface area contributed by atoms with Crippen molar-refractivity contribution in [2.45, 2.75) is 12.6 Å². The van der Waals surface area contributed by atoms with E-state index in [4.69, 9.17) is 9.47 Å². The average Bonchev–Trinajstić information content (AvgIpc) is 3.11. The number of ether oxygens (including phenoxy) is 2. The first-order chi connectivity index (χ1) is 12.6. The standard InChI is InChI=1S/C18H18N2O5S/c1-24-18(23)13-7-8-26-17(13)19-16(22)14-10-25-11-15(21)20(14)9-12-5-3-2-4-6-12/h2-8,14H,9-11H2,1H3,(H,19,22)/t14-/m1/s1. The van der Waals surface area contributed by atoms with E-state index in [2.05, 4.69) is 5.32 Å². The molecule has 1 aromatic heterocycles. The molecule has 0 spiro atoms. The molecule has 3 rings (SSSR count). The number of rotatable bonds is 5. The van der Waals surface area contributed by atoms with Crippen LogP contribution in [-0.4, -0.2) is 49.0 Å². The Labute approximate surface area is 154 Å². The number of nitrogens with one attached hydrogen (secondary N) is 1. The van der Waals surface area contributed by atoms with Crippen molar-refractivity contribution in [2.24, 2.45) is 0 Å². The van der Waals surface area contributed by atoms with Crippen molar-refractivity contribution in [3.05, 3.63) is 52.9 Å². The molecule has 0 unspecified atom stereocenters. The molecule has 2 amide bonds. The Morgan fingerprint density at radius 1 is 1.31 bits per heavy atom. The molecule has 8 heteroatoms. The number of esters is 1. The first kappa shape index (κ1) is 18.1. The van der Waals surface area contributed by atoms with Crippen LogP contribution in [0.4, 0.5) is 5.00 Å². The van der Waals surface area contributed by atoms with Gasteiger partial charge in [0, 0.05) is 6.54 Å². The van der Waals surface area contributed by atoms with Gasteiger partial charge < -0.3 is 19.7 Å². The second kappa shape index (κ2) is 8.11. The van der Waals surface area contributed by atoms with Crippen molar-refractivity contribution >= 4 is 34.1 Å². The number of nitrogens with zero attached hydrogens (tertiary/aromatic N) is 1. The molecule has 1 fully saturated rings. The monoisotopic (exact) mass is 374 g/mol. The zero-order valence-electron chi connectivity index (χ0n) is 14.1. The third-order valence-corrected chi connectivity index (χ3v) is 4.83. The summed E-state index contributed by atoms with van der Waals surface area (Å²) in [6.07, 6.45) is 0. The zero-order valence-corrected chi connectivity index (χ0v) is 15.0. The molecule has 7 nitrogen and oxygen atoms in total. The number of carbonyl (C=O) groups excluding carboxylic acids is 3. The van der Waals surface area contributed by atoms with E-state index in [9.17, 15) is 14.4 Å². The van der Waals surface area contributed by atoms with E-state index in [-0.39, 0.29) is 24.7 Å². The third kappa shape index (κ3) is 3.92. The summed E-state index contributed by atoms with van der Waals surface area (Å²) in [4.78, 5) is 38.3. The van der Waals surface area contributed by atoms with Crippen LogP contribution in [0.2, 0.25) is 0 Å². The van der Waals surface area contributed by atoms with Crippen molar-refractivity contribution in [1.29, 1.82) is 0 Å². The Morgan fingerprint density at radius 3 is 2.81 bits per heavy atom. The molecule has 0 saturated carbocycles. The summed E-state index contributed by atoms with van der Waals surface area (Å²) in [6, 6.07) is 10.2. The van der Waals surface area contributed by atoms with Gasteiger partial charge >= 0.3 is 5.97 Å². The van der Waals surface area contributed by atoms with Gasteiger partial charge in [0.25, 0.3) is 0 Å². The molecule has 2 heterocycles. The third-order valence-electron chi connectivity index (χ3n) is 4.00. The summed E-state index contributed by atoms with van der Waals surface area (Å²) >= 11 is 1.21. The van der Waals surface area contributed by atoms with Gasteiger partial charge in [-0.3, -0.25) is 9.59 Å². The van der Waals surface area contributed by atoms with E-state index in [1.165, 1.54) is 23.3 Å². The zero-order chi connectivity index (χ0) is 18.5.